The third-order valence-corrected chi connectivity index (χ3v) is 6.08. The normalized spacial score (nSPS) is 24.8. The van der Waals surface area contributed by atoms with Crippen molar-refractivity contribution in [2.24, 2.45) is 17.1 Å². The second-order valence-electron chi connectivity index (χ2n) is 9.55. The monoisotopic (exact) mass is 509 g/mol. The number of nitrogens with two attached hydrogens (primary N) is 1. The number of hydrogen-bond donors (Lipinski definition) is 4. The van der Waals surface area contributed by atoms with E-state index in [-0.39, 0.29) is 28.8 Å². The summed E-state index contributed by atoms with van der Waals surface area (Å²) in [6.45, 7) is 7.64. The number of carbonyl (C=O) groups excluding carboxylic acids is 3. The van der Waals surface area contributed by atoms with E-state index in [1.807, 2.05) is 27.7 Å². The highest BCUT2D eigenvalue weighted by molar-refractivity contribution is 5.95. The summed E-state index contributed by atoms with van der Waals surface area (Å²) in [6, 6.07) is 3.10. The second-order valence-corrected chi connectivity index (χ2v) is 9.55. The fourth-order valence-electron chi connectivity index (χ4n) is 3.49. The number of aliphatic hydroxyl groups excluding tert-OH is 2. The van der Waals surface area contributed by atoms with E-state index in [2.05, 4.69) is 24.9 Å². The van der Waals surface area contributed by atoms with E-state index in [4.69, 9.17) is 15.2 Å². The molecule has 0 saturated carbocycles. The standard InChI is InChI=1S/C22H31N5O9/c1-11(21(3,4)5)19(31)26-18-13-6-7-15(27(13)25-9-24-18)22(23)17(30)16(29)14(36-22)8-33-20(32)35-10-34-12(2)28/h6-7,9,11,14,16-17,29-30H,8,10,23H2,1-5H3,(H,24,25,26,31)/t11-,14-,16-,17-,22+/m1/s1. The SMILES string of the molecule is CC(=O)OCOC(=O)OC[C@H]1O[C@@](N)(c2ccc3c(NC(=O)[C@@H](C)C(C)(C)C)ncnn23)[C@H](O)[C@@H]1O. The van der Waals surface area contributed by atoms with Crippen LogP contribution in [0.2, 0.25) is 0 Å². The summed E-state index contributed by atoms with van der Waals surface area (Å²) in [5.74, 6) is -0.981. The molecule has 3 rings (SSSR count). The summed E-state index contributed by atoms with van der Waals surface area (Å²) >= 11 is 0. The molecule has 2 aromatic rings. The number of nitrogens with one attached hydrogen (secondary N) is 1. The number of fused-ring (bicyclic) bond motifs is 1. The fraction of sp³-hybridized carbons (Fsp3) is 0.591. The van der Waals surface area contributed by atoms with Crippen molar-refractivity contribution in [2.45, 2.75) is 58.7 Å². The number of amides is 1. The number of ether oxygens (including phenoxy) is 4. The summed E-state index contributed by atoms with van der Waals surface area (Å²) in [7, 11) is 0. The molecule has 14 heteroatoms. The van der Waals surface area contributed by atoms with Gasteiger partial charge in [0, 0.05) is 12.8 Å². The van der Waals surface area contributed by atoms with Crippen molar-refractivity contribution < 1.29 is 43.5 Å². The van der Waals surface area contributed by atoms with E-state index >= 15 is 0 Å². The van der Waals surface area contributed by atoms with Gasteiger partial charge in [0.25, 0.3) is 0 Å². The molecule has 0 spiro atoms. The van der Waals surface area contributed by atoms with Gasteiger partial charge in [-0.3, -0.25) is 15.3 Å². The Balaban J connectivity index is 1.76. The number of aromatic nitrogens is 3. The lowest BCUT2D eigenvalue weighted by atomic mass is 9.81. The summed E-state index contributed by atoms with van der Waals surface area (Å²) < 4.78 is 20.9. The summed E-state index contributed by atoms with van der Waals surface area (Å²) in [5.41, 5.74) is 4.68. The Morgan fingerprint density at radius 1 is 1.25 bits per heavy atom. The molecular formula is C22H31N5O9. The maximum Gasteiger partial charge on any atom is 0.511 e. The lowest BCUT2D eigenvalue weighted by Gasteiger charge is -2.27. The number of nitrogens with zero attached hydrogens (tertiary/aromatic N) is 3. The van der Waals surface area contributed by atoms with Gasteiger partial charge in [-0.05, 0) is 17.5 Å². The Morgan fingerprint density at radius 3 is 2.58 bits per heavy atom. The van der Waals surface area contributed by atoms with Crippen LogP contribution >= 0.6 is 0 Å². The Labute approximate surface area is 206 Å². The predicted octanol–water partition coefficient (Wildman–Crippen LogP) is 0.256. The van der Waals surface area contributed by atoms with Crippen molar-refractivity contribution in [3.05, 3.63) is 24.2 Å². The van der Waals surface area contributed by atoms with Crippen LogP contribution in [0.15, 0.2) is 18.5 Å². The van der Waals surface area contributed by atoms with Gasteiger partial charge in [-0.2, -0.15) is 5.10 Å². The number of anilines is 1. The molecule has 2 aromatic heterocycles. The first-order valence-electron chi connectivity index (χ1n) is 11.2. The molecule has 14 nitrogen and oxygen atoms in total. The Morgan fingerprint density at radius 2 is 1.94 bits per heavy atom. The molecular weight excluding hydrogens is 478 g/mol. The molecule has 5 atom stereocenters. The van der Waals surface area contributed by atoms with Gasteiger partial charge in [0.15, 0.2) is 11.5 Å². The Hall–Kier alpha value is -3.33. The highest BCUT2D eigenvalue weighted by atomic mass is 16.8. The van der Waals surface area contributed by atoms with Crippen LogP contribution in [-0.2, 0) is 34.3 Å². The van der Waals surface area contributed by atoms with Crippen LogP contribution in [0.3, 0.4) is 0 Å². The molecule has 0 radical (unpaired) electrons. The van der Waals surface area contributed by atoms with Crippen LogP contribution in [0.5, 0.6) is 0 Å². The van der Waals surface area contributed by atoms with Crippen molar-refractivity contribution in [3.8, 4) is 0 Å². The van der Waals surface area contributed by atoms with Crippen LogP contribution in [0.1, 0.15) is 40.3 Å². The van der Waals surface area contributed by atoms with Gasteiger partial charge >= 0.3 is 12.1 Å². The van der Waals surface area contributed by atoms with Gasteiger partial charge in [0.2, 0.25) is 12.7 Å². The highest BCUT2D eigenvalue weighted by Gasteiger charge is 2.55. The average Bonchev–Trinajstić information content (AvgIpc) is 3.33. The van der Waals surface area contributed by atoms with Gasteiger partial charge < -0.3 is 34.5 Å². The van der Waals surface area contributed by atoms with Crippen molar-refractivity contribution >= 4 is 29.4 Å². The first-order chi connectivity index (χ1) is 16.8. The largest absolute Gasteiger partial charge is 0.511 e. The molecule has 1 saturated heterocycles. The maximum absolute atomic E-state index is 12.7. The zero-order valence-electron chi connectivity index (χ0n) is 20.6. The zero-order chi connectivity index (χ0) is 26.8. The maximum atomic E-state index is 12.7. The fourth-order valence-corrected chi connectivity index (χ4v) is 3.49. The van der Waals surface area contributed by atoms with Crippen molar-refractivity contribution in [1.82, 2.24) is 14.6 Å². The smallest absolute Gasteiger partial charge is 0.431 e. The minimum Gasteiger partial charge on any atom is -0.431 e. The number of carbonyl (C=O) groups is 3. The third-order valence-electron chi connectivity index (χ3n) is 6.08. The molecule has 5 N–H and O–H groups in total. The molecule has 0 aliphatic carbocycles. The van der Waals surface area contributed by atoms with E-state index < -0.39 is 49.6 Å². The first-order valence-corrected chi connectivity index (χ1v) is 11.2. The predicted molar refractivity (Wildman–Crippen MR) is 122 cm³/mol. The molecule has 1 amide bonds. The van der Waals surface area contributed by atoms with E-state index in [0.29, 0.717) is 5.52 Å². The third kappa shape index (κ3) is 5.56. The van der Waals surface area contributed by atoms with E-state index in [9.17, 15) is 24.6 Å². The topological polar surface area (TPSA) is 197 Å². The van der Waals surface area contributed by atoms with Gasteiger partial charge in [-0.15, -0.1) is 0 Å². The minimum atomic E-state index is -1.95. The first kappa shape index (κ1) is 27.3. The van der Waals surface area contributed by atoms with Crippen LogP contribution in [0, 0.1) is 11.3 Å². The molecule has 1 aliphatic rings. The molecule has 198 valence electrons. The number of aliphatic hydroxyl groups is 2. The van der Waals surface area contributed by atoms with Crippen LogP contribution < -0.4 is 11.1 Å². The van der Waals surface area contributed by atoms with Gasteiger partial charge in [0.05, 0.1) is 5.69 Å². The lowest BCUT2D eigenvalue weighted by molar-refractivity contribution is -0.151. The molecule has 1 fully saturated rings. The van der Waals surface area contributed by atoms with Crippen LogP contribution in [0.25, 0.3) is 5.52 Å². The number of esters is 1. The van der Waals surface area contributed by atoms with Crippen molar-refractivity contribution in [3.63, 3.8) is 0 Å². The van der Waals surface area contributed by atoms with E-state index in [1.165, 1.54) is 16.9 Å². The quantitative estimate of drug-likeness (QED) is 0.294. The van der Waals surface area contributed by atoms with Crippen molar-refractivity contribution in [1.29, 1.82) is 0 Å². The molecule has 0 bridgehead atoms. The highest BCUT2D eigenvalue weighted by Crippen LogP contribution is 2.37. The van der Waals surface area contributed by atoms with Crippen LogP contribution in [0.4, 0.5) is 10.6 Å². The molecule has 1 aliphatic heterocycles. The Bertz CT molecular complexity index is 1130. The summed E-state index contributed by atoms with van der Waals surface area (Å²) in [4.78, 5) is 39.2. The van der Waals surface area contributed by atoms with Gasteiger partial charge in [-0.1, -0.05) is 27.7 Å². The van der Waals surface area contributed by atoms with Gasteiger partial charge in [0.1, 0.15) is 36.8 Å². The number of hydrogen-bond acceptors (Lipinski definition) is 12. The van der Waals surface area contributed by atoms with Gasteiger partial charge in [-0.25, -0.2) is 14.3 Å². The van der Waals surface area contributed by atoms with E-state index in [1.54, 1.807) is 6.07 Å². The Kier molecular flexibility index (Phi) is 7.83. The molecule has 0 aromatic carbocycles. The lowest BCUT2D eigenvalue weighted by Crippen LogP contribution is -2.49. The minimum absolute atomic E-state index is 0.158. The zero-order valence-corrected chi connectivity index (χ0v) is 20.6. The summed E-state index contributed by atoms with van der Waals surface area (Å²) in [5, 5.41) is 28.1. The van der Waals surface area contributed by atoms with Crippen LogP contribution in [-0.4, -0.2) is 74.6 Å². The van der Waals surface area contributed by atoms with Crippen molar-refractivity contribution in [2.75, 3.05) is 18.7 Å². The second kappa shape index (κ2) is 10.3. The summed E-state index contributed by atoms with van der Waals surface area (Å²) in [6.07, 6.45) is -4.35. The average molecular weight is 510 g/mol. The molecule has 3 heterocycles. The number of rotatable bonds is 7. The molecule has 36 heavy (non-hydrogen) atoms. The van der Waals surface area contributed by atoms with E-state index in [0.717, 1.165) is 6.92 Å². The molecule has 0 unspecified atom stereocenters.